The summed E-state index contributed by atoms with van der Waals surface area (Å²) in [6, 6.07) is 2.34. The van der Waals surface area contributed by atoms with Crippen molar-refractivity contribution in [2.75, 3.05) is 0 Å². The zero-order chi connectivity index (χ0) is 12.7. The van der Waals surface area contributed by atoms with Crippen LogP contribution in [0.3, 0.4) is 0 Å². The van der Waals surface area contributed by atoms with Gasteiger partial charge in [-0.25, -0.2) is 11.6 Å². The summed E-state index contributed by atoms with van der Waals surface area (Å²) >= 11 is 1.91. The first-order valence-corrected chi connectivity index (χ1v) is 10.6. The summed E-state index contributed by atoms with van der Waals surface area (Å²) in [6.07, 6.45) is 8.92. The molecule has 0 N–H and O–H groups in total. The van der Waals surface area contributed by atoms with E-state index in [-0.39, 0.29) is 51.9 Å². The van der Waals surface area contributed by atoms with Crippen LogP contribution in [0, 0.1) is 6.08 Å². The van der Waals surface area contributed by atoms with Gasteiger partial charge >= 0.3 is 0 Å². The molecule has 1 aliphatic carbocycles. The van der Waals surface area contributed by atoms with Crippen LogP contribution in [0.25, 0.3) is 0 Å². The van der Waals surface area contributed by atoms with Crippen molar-refractivity contribution in [3.63, 3.8) is 0 Å². The zero-order valence-electron chi connectivity index (χ0n) is 12.7. The molecule has 1 aliphatic rings. The Bertz CT molecular complexity index is 484. The van der Waals surface area contributed by atoms with Gasteiger partial charge in [-0.3, -0.25) is 6.08 Å². The van der Waals surface area contributed by atoms with Gasteiger partial charge in [-0.1, -0.05) is 39.6 Å². The zero-order valence-corrected chi connectivity index (χ0v) is 17.8. The smallest absolute Gasteiger partial charge is 0.0790 e. The Morgan fingerprint density at radius 3 is 2.25 bits per heavy atom. The first-order valence-electron chi connectivity index (χ1n) is 6.20. The maximum atomic E-state index is 3.49. The van der Waals surface area contributed by atoms with Crippen molar-refractivity contribution >= 4 is 49.4 Å². The molecule has 112 valence electrons. The first-order chi connectivity index (χ1) is 7.83. The van der Waals surface area contributed by atoms with E-state index in [1.807, 2.05) is 11.3 Å². The molecule has 0 saturated heterocycles. The molecule has 0 atom stereocenters. The van der Waals surface area contributed by atoms with Crippen molar-refractivity contribution in [1.29, 1.82) is 0 Å². The molecule has 0 bridgehead atoms. The van der Waals surface area contributed by atoms with Crippen LogP contribution in [0.2, 0.25) is 19.6 Å². The van der Waals surface area contributed by atoms with Crippen LogP contribution >= 0.6 is 36.2 Å². The molecule has 5 heteroatoms. The van der Waals surface area contributed by atoms with Crippen LogP contribution in [0.4, 0.5) is 0 Å². The van der Waals surface area contributed by atoms with Crippen molar-refractivity contribution < 1.29 is 21.7 Å². The van der Waals surface area contributed by atoms with Crippen molar-refractivity contribution in [2.45, 2.75) is 45.3 Å². The molecule has 0 spiro atoms. The second kappa shape index (κ2) is 8.36. The number of thiophene rings is 1. The van der Waals surface area contributed by atoms with Gasteiger partial charge in [0.05, 0.1) is 8.07 Å². The van der Waals surface area contributed by atoms with Gasteiger partial charge in [0.25, 0.3) is 0 Å². The molecule has 0 aliphatic heterocycles. The number of halogens is 2. The second-order valence-electron chi connectivity index (χ2n) is 6.24. The van der Waals surface area contributed by atoms with E-state index >= 15 is 0 Å². The van der Waals surface area contributed by atoms with E-state index in [1.54, 1.807) is 10.1 Å². The summed E-state index contributed by atoms with van der Waals surface area (Å²) in [4.78, 5) is 1.55. The van der Waals surface area contributed by atoms with E-state index in [2.05, 4.69) is 63.2 Å². The Balaban J connectivity index is 0. The van der Waals surface area contributed by atoms with Crippen LogP contribution in [0.5, 0.6) is 0 Å². The third kappa shape index (κ3) is 4.59. The summed E-state index contributed by atoms with van der Waals surface area (Å²) in [5, 5.41) is 3.87. The van der Waals surface area contributed by atoms with Gasteiger partial charge in [-0.05, 0) is 16.0 Å². The molecule has 0 saturated carbocycles. The van der Waals surface area contributed by atoms with Gasteiger partial charge < -0.3 is 0 Å². The molecular weight excluding hydrogens is 359 g/mol. The molecule has 0 unspecified atom stereocenters. The molecule has 0 fully saturated rings. The Morgan fingerprint density at radius 1 is 1.20 bits per heavy atom. The topological polar surface area (TPSA) is 0 Å². The normalized spacial score (nSPS) is 13.9. The fourth-order valence-corrected chi connectivity index (χ4v) is 6.07. The monoisotopic (exact) mass is 381 g/mol. The SMILES string of the molecule is CC(C)(C1=[C-]CC=C1)c1sccc1[Si](C)(C)C.Cl.Cl.[Ti]. The minimum absolute atomic E-state index is 0. The van der Waals surface area contributed by atoms with Crippen molar-refractivity contribution in [3.05, 3.63) is 40.1 Å². The first kappa shape index (κ1) is 23.0. The molecule has 0 nitrogen and oxygen atoms in total. The third-order valence-corrected chi connectivity index (χ3v) is 6.86. The summed E-state index contributed by atoms with van der Waals surface area (Å²) in [6.45, 7) is 12.0. The molecule has 0 amide bonds. The predicted octanol–water partition coefficient (Wildman–Crippen LogP) is 5.10. The second-order valence-corrected chi connectivity index (χ2v) is 12.2. The molecule has 1 aromatic rings. The molecule has 20 heavy (non-hydrogen) atoms. The van der Waals surface area contributed by atoms with Gasteiger partial charge in [-0.2, -0.15) is 6.08 Å². The average Bonchev–Trinajstić information content (AvgIpc) is 2.89. The number of allylic oxidation sites excluding steroid dienone is 4. The Kier molecular flexibility index (Phi) is 9.60. The molecule has 2 rings (SSSR count). The fraction of sp³-hybridized carbons (Fsp3) is 0.467. The predicted molar refractivity (Wildman–Crippen MR) is 95.3 cm³/mol. The average molecular weight is 382 g/mol. The molecule has 0 radical (unpaired) electrons. The summed E-state index contributed by atoms with van der Waals surface area (Å²) < 4.78 is 0. The van der Waals surface area contributed by atoms with Crippen LogP contribution < -0.4 is 5.19 Å². The van der Waals surface area contributed by atoms with Crippen LogP contribution in [0.1, 0.15) is 25.1 Å². The maximum absolute atomic E-state index is 3.49. The van der Waals surface area contributed by atoms with Gasteiger partial charge in [0.2, 0.25) is 0 Å². The summed E-state index contributed by atoms with van der Waals surface area (Å²) in [5.41, 5.74) is 1.48. The molecule has 1 aromatic heterocycles. The number of hydrogen-bond donors (Lipinski definition) is 0. The minimum atomic E-state index is -1.24. The van der Waals surface area contributed by atoms with E-state index < -0.39 is 8.07 Å². The van der Waals surface area contributed by atoms with Gasteiger partial charge in [0, 0.05) is 26.6 Å². The number of rotatable bonds is 3. The maximum Gasteiger partial charge on any atom is 0.0790 e. The van der Waals surface area contributed by atoms with E-state index in [9.17, 15) is 0 Å². The Morgan fingerprint density at radius 2 is 1.80 bits per heavy atom. The summed E-state index contributed by atoms with van der Waals surface area (Å²) in [7, 11) is -1.24. The number of hydrogen-bond acceptors (Lipinski definition) is 1. The third-order valence-electron chi connectivity index (χ3n) is 3.41. The van der Waals surface area contributed by atoms with E-state index in [4.69, 9.17) is 0 Å². The van der Waals surface area contributed by atoms with Crippen LogP contribution in [0.15, 0.2) is 29.2 Å². The summed E-state index contributed by atoms with van der Waals surface area (Å²) in [5.74, 6) is 0. The minimum Gasteiger partial charge on any atom is -0.269 e. The Hall–Kier alpha value is 0.691. The van der Waals surface area contributed by atoms with Gasteiger partial charge in [-0.15, -0.1) is 42.6 Å². The van der Waals surface area contributed by atoms with Gasteiger partial charge in [0.15, 0.2) is 0 Å². The van der Waals surface area contributed by atoms with E-state index in [1.165, 1.54) is 5.57 Å². The largest absolute Gasteiger partial charge is 0.269 e. The van der Waals surface area contributed by atoms with Crippen LogP contribution in [-0.2, 0) is 27.1 Å². The standard InChI is InChI=1S/C15H21SSi.2ClH.Ti/c1-15(2,12-8-6-7-9-12)14-13(10-11-16-14)17(3,4)5;;;/h6,8,10-11H,7H2,1-5H3;2*1H;/q-1;;;. The molecule has 0 aromatic carbocycles. The van der Waals surface area contributed by atoms with Crippen molar-refractivity contribution in [3.8, 4) is 0 Å². The van der Waals surface area contributed by atoms with Crippen LogP contribution in [-0.4, -0.2) is 8.07 Å². The molecular formula is C15H23Cl2SSiTi-. The quantitative estimate of drug-likeness (QED) is 0.504. The Labute approximate surface area is 155 Å². The molecule has 1 heterocycles. The van der Waals surface area contributed by atoms with E-state index in [0.29, 0.717) is 0 Å². The van der Waals surface area contributed by atoms with Crippen molar-refractivity contribution in [1.82, 2.24) is 0 Å². The van der Waals surface area contributed by atoms with E-state index in [0.717, 1.165) is 6.42 Å². The van der Waals surface area contributed by atoms with Gasteiger partial charge in [0.1, 0.15) is 0 Å². The van der Waals surface area contributed by atoms with Crippen molar-refractivity contribution in [2.24, 2.45) is 0 Å². The fourth-order valence-electron chi connectivity index (χ4n) is 2.34.